The maximum atomic E-state index is 13.2. The molecule has 2 aliphatic heterocycles. The Kier molecular flexibility index (Phi) is 5.69. The minimum absolute atomic E-state index is 0.0995. The number of nitrogens with one attached hydrogen (secondary N) is 3. The van der Waals surface area contributed by atoms with Crippen LogP contribution in [0.15, 0.2) is 29.2 Å². The molecule has 1 fully saturated rings. The van der Waals surface area contributed by atoms with Gasteiger partial charge in [0.2, 0.25) is 0 Å². The van der Waals surface area contributed by atoms with Gasteiger partial charge in [0.25, 0.3) is 11.5 Å². The number of piperidine rings is 1. The number of aromatic amines is 2. The van der Waals surface area contributed by atoms with E-state index in [4.69, 9.17) is 0 Å². The van der Waals surface area contributed by atoms with Crippen LogP contribution in [0.25, 0.3) is 22.4 Å². The molecule has 0 bridgehead atoms. The number of hydrogen-bond acceptors (Lipinski definition) is 6. The molecule has 4 heterocycles. The third-order valence-corrected chi connectivity index (χ3v) is 7.21. The SMILES string of the molecule is CNc1cc[nH]c(=O)c1-c1nc2cc3c(cc2[nH]1)CN(C1CCN(CCSC)CC1)C3=O. The molecule has 2 aliphatic rings. The molecular formula is C23H28N6O2S. The molecule has 2 aromatic heterocycles. The monoisotopic (exact) mass is 452 g/mol. The summed E-state index contributed by atoms with van der Waals surface area (Å²) in [7, 11) is 1.77. The number of carbonyl (C=O) groups excluding carboxylic acids is 1. The molecule has 0 atom stereocenters. The topological polar surface area (TPSA) is 97.1 Å². The first kappa shape index (κ1) is 21.1. The van der Waals surface area contributed by atoms with E-state index in [2.05, 4.69) is 31.4 Å². The molecule has 8 nitrogen and oxygen atoms in total. The van der Waals surface area contributed by atoms with Gasteiger partial charge in [-0.1, -0.05) is 0 Å². The van der Waals surface area contributed by atoms with Gasteiger partial charge in [-0.3, -0.25) is 9.59 Å². The summed E-state index contributed by atoms with van der Waals surface area (Å²) in [6.45, 7) is 3.87. The summed E-state index contributed by atoms with van der Waals surface area (Å²) in [5.41, 5.74) is 4.25. The van der Waals surface area contributed by atoms with Crippen molar-refractivity contribution in [3.63, 3.8) is 0 Å². The Morgan fingerprint density at radius 3 is 2.81 bits per heavy atom. The first-order chi connectivity index (χ1) is 15.6. The molecule has 0 radical (unpaired) electrons. The van der Waals surface area contributed by atoms with Crippen LogP contribution in [0.4, 0.5) is 5.69 Å². The van der Waals surface area contributed by atoms with Crippen molar-refractivity contribution in [3.05, 3.63) is 45.9 Å². The standard InChI is InChI=1S/C23H28N6O2S/c1-24-17-3-6-25-22(30)20(17)21-26-18-11-14-13-29(23(31)16(14)12-19(18)27-21)15-4-7-28(8-5-15)9-10-32-2/h3,6,11-12,15H,4-5,7-10,13H2,1-2H3,(H,26,27)(H2,24,25,30). The second-order valence-electron chi connectivity index (χ2n) is 8.46. The van der Waals surface area contributed by atoms with E-state index < -0.39 is 0 Å². The van der Waals surface area contributed by atoms with Gasteiger partial charge >= 0.3 is 0 Å². The first-order valence-electron chi connectivity index (χ1n) is 11.0. The van der Waals surface area contributed by atoms with Gasteiger partial charge in [0.15, 0.2) is 0 Å². The van der Waals surface area contributed by atoms with E-state index in [1.165, 1.54) is 0 Å². The number of imidazole rings is 1. The molecule has 168 valence electrons. The zero-order valence-electron chi connectivity index (χ0n) is 18.4. The number of thioether (sulfide) groups is 1. The Morgan fingerprint density at radius 2 is 2.06 bits per heavy atom. The number of benzene rings is 1. The molecule has 0 aliphatic carbocycles. The van der Waals surface area contributed by atoms with Gasteiger partial charge in [0, 0.05) is 56.8 Å². The molecule has 3 N–H and O–H groups in total. The van der Waals surface area contributed by atoms with Gasteiger partial charge in [0.05, 0.1) is 16.7 Å². The average Bonchev–Trinajstić information content (AvgIpc) is 3.36. The summed E-state index contributed by atoms with van der Waals surface area (Å²) in [5.74, 6) is 1.75. The Balaban J connectivity index is 1.38. The number of anilines is 1. The van der Waals surface area contributed by atoms with Crippen LogP contribution in [-0.2, 0) is 6.54 Å². The molecule has 1 aromatic carbocycles. The zero-order chi connectivity index (χ0) is 22.2. The fraction of sp³-hybridized carbons (Fsp3) is 0.435. The van der Waals surface area contributed by atoms with Crippen LogP contribution < -0.4 is 10.9 Å². The Bertz CT molecular complexity index is 1210. The molecule has 3 aromatic rings. The largest absolute Gasteiger partial charge is 0.387 e. The summed E-state index contributed by atoms with van der Waals surface area (Å²) >= 11 is 1.88. The fourth-order valence-corrected chi connectivity index (χ4v) is 5.29. The second kappa shape index (κ2) is 8.63. The summed E-state index contributed by atoms with van der Waals surface area (Å²) in [6.07, 6.45) is 5.80. The molecule has 32 heavy (non-hydrogen) atoms. The number of pyridine rings is 1. The summed E-state index contributed by atoms with van der Waals surface area (Å²) < 4.78 is 0. The Hall–Kier alpha value is -2.78. The van der Waals surface area contributed by atoms with Gasteiger partial charge in [-0.15, -0.1) is 0 Å². The van der Waals surface area contributed by atoms with Gasteiger partial charge in [-0.25, -0.2) is 4.98 Å². The van der Waals surface area contributed by atoms with E-state index in [0.717, 1.165) is 54.9 Å². The molecular weight excluding hydrogens is 424 g/mol. The maximum absolute atomic E-state index is 13.2. The quantitative estimate of drug-likeness (QED) is 0.532. The van der Waals surface area contributed by atoms with Crippen LogP contribution in [0.3, 0.4) is 0 Å². The zero-order valence-corrected chi connectivity index (χ0v) is 19.2. The van der Waals surface area contributed by atoms with E-state index in [0.29, 0.717) is 35.2 Å². The van der Waals surface area contributed by atoms with Gasteiger partial charge < -0.3 is 25.1 Å². The highest BCUT2D eigenvalue weighted by Crippen LogP contribution is 2.32. The highest BCUT2D eigenvalue weighted by Gasteiger charge is 2.35. The van der Waals surface area contributed by atoms with Crippen molar-refractivity contribution in [2.45, 2.75) is 25.4 Å². The van der Waals surface area contributed by atoms with Crippen LogP contribution in [0.2, 0.25) is 0 Å². The van der Waals surface area contributed by atoms with E-state index in [9.17, 15) is 9.59 Å². The van der Waals surface area contributed by atoms with Gasteiger partial charge in [-0.2, -0.15) is 11.8 Å². The summed E-state index contributed by atoms with van der Waals surface area (Å²) in [5, 5.41) is 3.04. The number of aromatic nitrogens is 3. The molecule has 0 spiro atoms. The lowest BCUT2D eigenvalue weighted by Gasteiger charge is -2.36. The predicted molar refractivity (Wildman–Crippen MR) is 129 cm³/mol. The number of fused-ring (bicyclic) bond motifs is 2. The highest BCUT2D eigenvalue weighted by molar-refractivity contribution is 7.98. The smallest absolute Gasteiger partial charge is 0.261 e. The summed E-state index contributed by atoms with van der Waals surface area (Å²) in [6, 6.07) is 5.99. The molecule has 0 unspecified atom stereocenters. The number of rotatable bonds is 6. The maximum Gasteiger partial charge on any atom is 0.261 e. The third kappa shape index (κ3) is 3.69. The lowest BCUT2D eigenvalue weighted by Crippen LogP contribution is -2.45. The van der Waals surface area contributed by atoms with Crippen LogP contribution in [0.1, 0.15) is 28.8 Å². The minimum atomic E-state index is -0.213. The van der Waals surface area contributed by atoms with Crippen LogP contribution in [-0.4, -0.2) is 75.4 Å². The van der Waals surface area contributed by atoms with Crippen LogP contribution in [0, 0.1) is 0 Å². The van der Waals surface area contributed by atoms with Crippen molar-refractivity contribution < 1.29 is 4.79 Å². The number of carbonyl (C=O) groups is 1. The van der Waals surface area contributed by atoms with Gasteiger partial charge in [-0.05, 0) is 42.9 Å². The third-order valence-electron chi connectivity index (χ3n) is 6.62. The van der Waals surface area contributed by atoms with Crippen molar-refractivity contribution in [2.24, 2.45) is 0 Å². The van der Waals surface area contributed by atoms with Crippen LogP contribution in [0.5, 0.6) is 0 Å². The summed E-state index contributed by atoms with van der Waals surface area (Å²) in [4.78, 5) is 40.8. The minimum Gasteiger partial charge on any atom is -0.387 e. The average molecular weight is 453 g/mol. The number of nitrogens with zero attached hydrogens (tertiary/aromatic N) is 3. The number of likely N-dealkylation sites (tertiary alicyclic amines) is 1. The highest BCUT2D eigenvalue weighted by atomic mass is 32.2. The van der Waals surface area contributed by atoms with Crippen molar-refractivity contribution in [3.8, 4) is 11.4 Å². The van der Waals surface area contributed by atoms with E-state index in [1.54, 1.807) is 19.3 Å². The molecule has 5 rings (SSSR count). The van der Waals surface area contributed by atoms with E-state index in [-0.39, 0.29) is 11.5 Å². The lowest BCUT2D eigenvalue weighted by molar-refractivity contribution is 0.0603. The van der Waals surface area contributed by atoms with Crippen molar-refractivity contribution in [1.29, 1.82) is 0 Å². The number of H-pyrrole nitrogens is 2. The first-order valence-corrected chi connectivity index (χ1v) is 12.4. The van der Waals surface area contributed by atoms with Gasteiger partial charge in [0.1, 0.15) is 11.4 Å². The molecule has 1 amide bonds. The molecule has 1 saturated heterocycles. The normalized spacial score (nSPS) is 17.3. The fourth-order valence-electron chi connectivity index (χ4n) is 4.85. The lowest BCUT2D eigenvalue weighted by atomic mass is 10.0. The van der Waals surface area contributed by atoms with E-state index >= 15 is 0 Å². The Labute approximate surface area is 190 Å². The Morgan fingerprint density at radius 1 is 1.25 bits per heavy atom. The van der Waals surface area contributed by atoms with Crippen molar-refractivity contribution >= 4 is 34.4 Å². The van der Waals surface area contributed by atoms with E-state index in [1.807, 2.05) is 28.8 Å². The number of amides is 1. The molecule has 9 heteroatoms. The number of hydrogen-bond donors (Lipinski definition) is 3. The van der Waals surface area contributed by atoms with Crippen molar-refractivity contribution in [2.75, 3.05) is 44.0 Å². The molecule has 0 saturated carbocycles. The van der Waals surface area contributed by atoms with Crippen LogP contribution >= 0.6 is 11.8 Å². The van der Waals surface area contributed by atoms with Crippen molar-refractivity contribution in [1.82, 2.24) is 24.8 Å². The second-order valence-corrected chi connectivity index (χ2v) is 9.44. The predicted octanol–water partition coefficient (Wildman–Crippen LogP) is 2.74.